The van der Waals surface area contributed by atoms with Gasteiger partial charge in [0.15, 0.2) is 0 Å². The Kier molecular flexibility index (Phi) is 15.2. The van der Waals surface area contributed by atoms with Gasteiger partial charge in [-0.3, -0.25) is 0 Å². The summed E-state index contributed by atoms with van der Waals surface area (Å²) in [6, 6.07) is 1.57. The van der Waals surface area contributed by atoms with Gasteiger partial charge in [0.1, 0.15) is 0 Å². The summed E-state index contributed by atoms with van der Waals surface area (Å²) in [6.07, 6.45) is 1.88. The van der Waals surface area contributed by atoms with E-state index in [9.17, 15) is 0 Å². The van der Waals surface area contributed by atoms with Crippen LogP contribution in [0.3, 0.4) is 0 Å². The normalized spacial score (nSPS) is 12.9. The summed E-state index contributed by atoms with van der Waals surface area (Å²) >= 11 is 0. The van der Waals surface area contributed by atoms with E-state index >= 15 is 0 Å². The number of rotatable bonds is 18. The van der Waals surface area contributed by atoms with Crippen molar-refractivity contribution in [2.75, 3.05) is 75.5 Å². The lowest BCUT2D eigenvalue weighted by atomic mass is 10.3. The fourth-order valence-corrected chi connectivity index (χ4v) is 6.23. The van der Waals surface area contributed by atoms with Crippen LogP contribution in [0.25, 0.3) is 0 Å². The van der Waals surface area contributed by atoms with Gasteiger partial charge in [-0.25, -0.2) is 0 Å². The van der Waals surface area contributed by atoms with Gasteiger partial charge in [-0.2, -0.15) is 0 Å². The van der Waals surface area contributed by atoms with Crippen molar-refractivity contribution in [3.8, 4) is 0 Å². The van der Waals surface area contributed by atoms with Crippen molar-refractivity contribution in [2.45, 2.75) is 31.9 Å². The Morgan fingerprint density at radius 3 is 1.31 bits per heavy atom. The molecule has 0 unspecified atom stereocenters. The average Bonchev–Trinajstić information content (AvgIpc) is 2.69. The van der Waals surface area contributed by atoms with Crippen LogP contribution >= 0.6 is 0 Å². The van der Waals surface area contributed by atoms with Crippen molar-refractivity contribution in [2.24, 2.45) is 0 Å². The highest BCUT2D eigenvalue weighted by Gasteiger charge is 2.38. The lowest BCUT2D eigenvalue weighted by Crippen LogP contribution is -2.44. The van der Waals surface area contributed by atoms with Crippen molar-refractivity contribution >= 4 is 17.6 Å². The first-order valence-corrected chi connectivity index (χ1v) is 13.0. The van der Waals surface area contributed by atoms with Gasteiger partial charge in [-0.05, 0) is 32.9 Å². The fraction of sp³-hybridized carbons (Fsp3) is 1.00. The Bertz CT molecular complexity index is 289. The zero-order valence-corrected chi connectivity index (χ0v) is 19.7. The molecule has 0 fully saturated rings. The minimum atomic E-state index is -2.51. The summed E-state index contributed by atoms with van der Waals surface area (Å²) in [4.78, 5) is 2.38. The molecule has 0 aliphatic heterocycles. The van der Waals surface area contributed by atoms with Gasteiger partial charge in [-0.15, -0.1) is 0 Å². The minimum Gasteiger partial charge on any atom is -0.380 e. The number of ether oxygens (including phenoxy) is 1. The molecule has 0 N–H and O–H groups in total. The van der Waals surface area contributed by atoms with Crippen LogP contribution in [0.1, 0.15) is 19.8 Å². The van der Waals surface area contributed by atoms with E-state index in [1.807, 2.05) is 6.92 Å². The Morgan fingerprint density at radius 2 is 1.00 bits per heavy atom. The zero-order chi connectivity index (χ0) is 19.9. The molecule has 0 atom stereocenters. The summed E-state index contributed by atoms with van der Waals surface area (Å²) < 4.78 is 38.5. The van der Waals surface area contributed by atoms with Crippen molar-refractivity contribution in [3.05, 3.63) is 0 Å². The van der Waals surface area contributed by atoms with E-state index < -0.39 is 17.6 Å². The molecule has 0 spiro atoms. The molecule has 0 saturated heterocycles. The van der Waals surface area contributed by atoms with Crippen LogP contribution in [-0.2, 0) is 31.3 Å². The van der Waals surface area contributed by atoms with Crippen LogP contribution < -0.4 is 0 Å². The summed E-state index contributed by atoms with van der Waals surface area (Å²) in [6.45, 7) is 6.21. The maximum absolute atomic E-state index is 5.51. The zero-order valence-electron chi connectivity index (χ0n) is 17.7. The Morgan fingerprint density at radius 1 is 0.615 bits per heavy atom. The van der Waals surface area contributed by atoms with Crippen LogP contribution in [0, 0.1) is 0 Å². The van der Waals surface area contributed by atoms with E-state index in [1.54, 1.807) is 42.7 Å². The van der Waals surface area contributed by atoms with Gasteiger partial charge in [0.2, 0.25) is 0 Å². The van der Waals surface area contributed by atoms with Crippen molar-refractivity contribution in [1.29, 1.82) is 0 Å². The molecule has 0 aromatic rings. The molecule has 158 valence electrons. The highest BCUT2D eigenvalue weighted by atomic mass is 28.4. The molecule has 0 aromatic carbocycles. The third kappa shape index (κ3) is 9.35. The van der Waals surface area contributed by atoms with E-state index in [-0.39, 0.29) is 0 Å². The number of hydrogen-bond acceptors (Lipinski definition) is 8. The smallest absolute Gasteiger partial charge is 0.380 e. The van der Waals surface area contributed by atoms with Crippen LogP contribution in [0.2, 0.25) is 12.1 Å². The Balaban J connectivity index is 4.51. The molecule has 26 heavy (non-hydrogen) atoms. The monoisotopic (exact) mass is 413 g/mol. The SMILES string of the molecule is CCOCCN(CCC[Si](OC)(OC)OC)CCC[Si](OC)(OC)OC. The molecule has 0 aromatic heterocycles. The first kappa shape index (κ1) is 26.1. The molecule has 0 heterocycles. The number of nitrogens with zero attached hydrogens (tertiary/aromatic N) is 1. The molecule has 0 aliphatic carbocycles. The Labute approximate surface area is 161 Å². The maximum atomic E-state index is 5.51. The van der Waals surface area contributed by atoms with Crippen LogP contribution in [0.5, 0.6) is 0 Å². The largest absolute Gasteiger partial charge is 0.500 e. The van der Waals surface area contributed by atoms with Crippen LogP contribution in [-0.4, -0.2) is 98.0 Å². The number of hydrogen-bond donors (Lipinski definition) is 0. The lowest BCUT2D eigenvalue weighted by Gasteiger charge is -2.28. The summed E-state index contributed by atoms with van der Waals surface area (Å²) in [5.41, 5.74) is 0. The Hall–Kier alpha value is 0.114. The minimum absolute atomic E-state index is 0.722. The fourth-order valence-electron chi connectivity index (χ4n) is 2.82. The van der Waals surface area contributed by atoms with E-state index in [4.69, 9.17) is 31.3 Å². The topological polar surface area (TPSA) is 67.9 Å². The van der Waals surface area contributed by atoms with Gasteiger partial charge in [-0.1, -0.05) is 0 Å². The second kappa shape index (κ2) is 15.1. The van der Waals surface area contributed by atoms with Gasteiger partial charge < -0.3 is 36.2 Å². The summed E-state index contributed by atoms with van der Waals surface area (Å²) in [5, 5.41) is 0. The van der Waals surface area contributed by atoms with Crippen LogP contribution in [0.15, 0.2) is 0 Å². The second-order valence-corrected chi connectivity index (χ2v) is 12.0. The van der Waals surface area contributed by atoms with Gasteiger partial charge in [0.05, 0.1) is 6.61 Å². The molecule has 10 heteroatoms. The van der Waals surface area contributed by atoms with E-state index in [0.717, 1.165) is 57.8 Å². The highest BCUT2D eigenvalue weighted by Crippen LogP contribution is 2.17. The molecular formula is C16H39NO7Si2. The van der Waals surface area contributed by atoms with E-state index in [0.29, 0.717) is 0 Å². The molecule has 0 saturated carbocycles. The molecular weight excluding hydrogens is 374 g/mol. The second-order valence-electron chi connectivity index (χ2n) is 5.84. The summed E-state index contributed by atoms with van der Waals surface area (Å²) in [7, 11) is 4.87. The van der Waals surface area contributed by atoms with Gasteiger partial charge >= 0.3 is 17.6 Å². The maximum Gasteiger partial charge on any atom is 0.500 e. The van der Waals surface area contributed by atoms with E-state index in [2.05, 4.69) is 4.90 Å². The lowest BCUT2D eigenvalue weighted by molar-refractivity contribution is 0.104. The first-order valence-electron chi connectivity index (χ1n) is 9.11. The first-order chi connectivity index (χ1) is 12.5. The standard InChI is InChI=1S/C16H39NO7Si2/c1-8-24-14-13-17(11-9-15-25(18-2,19-3)20-4)12-10-16-26(21-5,22-6)23-7/h8-16H2,1-7H3. The molecule has 0 aliphatic rings. The van der Waals surface area contributed by atoms with Crippen molar-refractivity contribution in [1.82, 2.24) is 4.90 Å². The average molecular weight is 414 g/mol. The van der Waals surface area contributed by atoms with Crippen molar-refractivity contribution in [3.63, 3.8) is 0 Å². The quantitative estimate of drug-likeness (QED) is 0.249. The molecule has 0 amide bonds. The van der Waals surface area contributed by atoms with Gasteiger partial charge in [0, 0.05) is 67.9 Å². The predicted octanol–water partition coefficient (Wildman–Crippen LogP) is 1.86. The van der Waals surface area contributed by atoms with Crippen LogP contribution in [0.4, 0.5) is 0 Å². The molecule has 0 radical (unpaired) electrons. The van der Waals surface area contributed by atoms with E-state index in [1.165, 1.54) is 0 Å². The third-order valence-corrected chi connectivity index (χ3v) is 10.2. The third-order valence-electron chi connectivity index (χ3n) is 4.54. The molecule has 0 rings (SSSR count). The highest BCUT2D eigenvalue weighted by molar-refractivity contribution is 6.60. The van der Waals surface area contributed by atoms with Crippen molar-refractivity contribution < 1.29 is 31.3 Å². The molecule has 0 bridgehead atoms. The summed E-state index contributed by atoms with van der Waals surface area (Å²) in [5.74, 6) is 0. The predicted molar refractivity (Wildman–Crippen MR) is 105 cm³/mol. The van der Waals surface area contributed by atoms with Gasteiger partial charge in [0.25, 0.3) is 0 Å². The molecule has 8 nitrogen and oxygen atoms in total.